The maximum atomic E-state index is 12.4. The molecule has 0 aromatic heterocycles. The third-order valence-corrected chi connectivity index (χ3v) is 5.37. The second-order valence-corrected chi connectivity index (χ2v) is 6.72. The van der Waals surface area contributed by atoms with Crippen LogP contribution in [0.25, 0.3) is 0 Å². The molecule has 0 spiro atoms. The minimum atomic E-state index is -0.371. The molecule has 20 heavy (non-hydrogen) atoms. The molecule has 3 heterocycles. The molecule has 5 nitrogen and oxygen atoms in total. The van der Waals surface area contributed by atoms with Gasteiger partial charge in [-0.15, -0.1) is 0 Å². The largest absolute Gasteiger partial charge is 0.391 e. The van der Waals surface area contributed by atoms with Crippen LogP contribution in [-0.4, -0.2) is 65.3 Å². The van der Waals surface area contributed by atoms with Crippen LogP contribution < -0.4 is 5.32 Å². The van der Waals surface area contributed by atoms with Gasteiger partial charge >= 0.3 is 6.03 Å². The SMILES string of the molecule is CC1CCN(C(=O)NC2CCN3CCCCC23)CC1O. The monoisotopic (exact) mass is 281 g/mol. The predicted molar refractivity (Wildman–Crippen MR) is 77.5 cm³/mol. The van der Waals surface area contributed by atoms with E-state index in [1.54, 1.807) is 4.90 Å². The number of carbonyl (C=O) groups excluding carboxylic acids is 1. The summed E-state index contributed by atoms with van der Waals surface area (Å²) in [6.45, 7) is 5.61. The summed E-state index contributed by atoms with van der Waals surface area (Å²) >= 11 is 0. The summed E-state index contributed by atoms with van der Waals surface area (Å²) in [6, 6.07) is 0.869. The van der Waals surface area contributed by atoms with Gasteiger partial charge in [-0.2, -0.15) is 0 Å². The number of hydrogen-bond acceptors (Lipinski definition) is 3. The first-order valence-electron chi connectivity index (χ1n) is 8.12. The van der Waals surface area contributed by atoms with Crippen molar-refractivity contribution in [3.05, 3.63) is 0 Å². The lowest BCUT2D eigenvalue weighted by atomic mass is 9.96. The smallest absolute Gasteiger partial charge is 0.317 e. The van der Waals surface area contributed by atoms with E-state index in [4.69, 9.17) is 0 Å². The van der Waals surface area contributed by atoms with Gasteiger partial charge in [-0.3, -0.25) is 4.90 Å². The number of fused-ring (bicyclic) bond motifs is 1. The average molecular weight is 281 g/mol. The van der Waals surface area contributed by atoms with Gasteiger partial charge in [0.05, 0.1) is 6.10 Å². The summed E-state index contributed by atoms with van der Waals surface area (Å²) < 4.78 is 0. The fourth-order valence-corrected chi connectivity index (χ4v) is 3.90. The lowest BCUT2D eigenvalue weighted by Crippen LogP contribution is -2.54. The van der Waals surface area contributed by atoms with Crippen LogP contribution in [0.1, 0.15) is 39.0 Å². The Balaban J connectivity index is 1.54. The van der Waals surface area contributed by atoms with Gasteiger partial charge in [0.15, 0.2) is 0 Å². The highest BCUT2D eigenvalue weighted by Gasteiger charge is 2.37. The number of likely N-dealkylation sites (tertiary alicyclic amines) is 1. The summed E-state index contributed by atoms with van der Waals surface area (Å²) in [5.41, 5.74) is 0. The van der Waals surface area contributed by atoms with Crippen LogP contribution in [0, 0.1) is 5.92 Å². The molecule has 3 rings (SSSR count). The van der Waals surface area contributed by atoms with Gasteiger partial charge < -0.3 is 15.3 Å². The van der Waals surface area contributed by atoms with Crippen LogP contribution in [0.3, 0.4) is 0 Å². The van der Waals surface area contributed by atoms with Crippen molar-refractivity contribution >= 4 is 6.03 Å². The van der Waals surface area contributed by atoms with Gasteiger partial charge in [0.1, 0.15) is 0 Å². The van der Waals surface area contributed by atoms with Crippen molar-refractivity contribution in [2.24, 2.45) is 5.92 Å². The molecule has 4 atom stereocenters. The van der Waals surface area contributed by atoms with Crippen molar-refractivity contribution in [1.82, 2.24) is 15.1 Å². The highest BCUT2D eigenvalue weighted by molar-refractivity contribution is 5.74. The number of urea groups is 1. The number of aliphatic hydroxyl groups is 1. The van der Waals surface area contributed by atoms with Crippen molar-refractivity contribution in [2.45, 2.75) is 57.2 Å². The van der Waals surface area contributed by atoms with Crippen molar-refractivity contribution in [1.29, 1.82) is 0 Å². The number of rotatable bonds is 1. The number of hydrogen-bond donors (Lipinski definition) is 2. The summed E-state index contributed by atoms with van der Waals surface area (Å²) in [5.74, 6) is 0.305. The van der Waals surface area contributed by atoms with Crippen LogP contribution in [0.4, 0.5) is 4.79 Å². The maximum Gasteiger partial charge on any atom is 0.317 e. The zero-order valence-electron chi connectivity index (χ0n) is 12.4. The van der Waals surface area contributed by atoms with E-state index in [0.29, 0.717) is 24.5 Å². The van der Waals surface area contributed by atoms with Crippen LogP contribution in [0.5, 0.6) is 0 Å². The van der Waals surface area contributed by atoms with Gasteiger partial charge in [-0.25, -0.2) is 4.79 Å². The van der Waals surface area contributed by atoms with E-state index >= 15 is 0 Å². The molecular formula is C15H27N3O2. The Morgan fingerprint density at radius 2 is 2.00 bits per heavy atom. The first-order valence-corrected chi connectivity index (χ1v) is 8.12. The van der Waals surface area contributed by atoms with Crippen LogP contribution in [0.2, 0.25) is 0 Å². The molecular weight excluding hydrogens is 254 g/mol. The number of β-amino-alcohol motifs (C(OH)–C–C–N with tert-alkyl or cyclic N) is 1. The van der Waals surface area contributed by atoms with E-state index < -0.39 is 0 Å². The number of piperidine rings is 2. The molecule has 0 saturated carbocycles. The Bertz CT molecular complexity index is 363. The molecule has 0 aromatic carbocycles. The Kier molecular flexibility index (Phi) is 4.17. The van der Waals surface area contributed by atoms with Crippen molar-refractivity contribution in [3.63, 3.8) is 0 Å². The Hall–Kier alpha value is -0.810. The van der Waals surface area contributed by atoms with Crippen molar-refractivity contribution in [2.75, 3.05) is 26.2 Å². The molecule has 3 aliphatic rings. The number of nitrogens with one attached hydrogen (secondary N) is 1. The highest BCUT2D eigenvalue weighted by atomic mass is 16.3. The summed E-state index contributed by atoms with van der Waals surface area (Å²) in [4.78, 5) is 16.7. The van der Waals surface area contributed by atoms with E-state index in [1.807, 2.05) is 0 Å². The van der Waals surface area contributed by atoms with Gasteiger partial charge in [0.25, 0.3) is 0 Å². The first-order chi connectivity index (χ1) is 9.65. The van der Waals surface area contributed by atoms with Crippen LogP contribution in [0.15, 0.2) is 0 Å². The van der Waals surface area contributed by atoms with Gasteiger partial charge in [-0.05, 0) is 38.1 Å². The van der Waals surface area contributed by atoms with E-state index in [9.17, 15) is 9.90 Å². The summed E-state index contributed by atoms with van der Waals surface area (Å²) in [7, 11) is 0. The number of nitrogens with zero attached hydrogens (tertiary/aromatic N) is 2. The molecule has 0 radical (unpaired) electrons. The van der Waals surface area contributed by atoms with Crippen molar-refractivity contribution in [3.8, 4) is 0 Å². The third-order valence-electron chi connectivity index (χ3n) is 5.37. The molecule has 0 aromatic rings. The van der Waals surface area contributed by atoms with E-state index in [-0.39, 0.29) is 12.1 Å². The predicted octanol–water partition coefficient (Wildman–Crippen LogP) is 1.03. The molecule has 2 amide bonds. The molecule has 4 unspecified atom stereocenters. The summed E-state index contributed by atoms with van der Waals surface area (Å²) in [5, 5.41) is 13.1. The second-order valence-electron chi connectivity index (χ2n) is 6.72. The lowest BCUT2D eigenvalue weighted by molar-refractivity contribution is 0.0425. The standard InChI is InChI=1S/C15H27N3O2/c1-11-5-8-18(10-14(11)19)15(20)16-12-6-9-17-7-3-2-4-13(12)17/h11-14,19H,2-10H2,1H3,(H,16,20). The first kappa shape index (κ1) is 14.1. The average Bonchev–Trinajstić information content (AvgIpc) is 2.85. The molecule has 114 valence electrons. The van der Waals surface area contributed by atoms with Gasteiger partial charge in [-0.1, -0.05) is 13.3 Å². The summed E-state index contributed by atoms with van der Waals surface area (Å²) in [6.07, 6.45) is 5.40. The molecule has 0 bridgehead atoms. The maximum absolute atomic E-state index is 12.4. The molecule has 2 N–H and O–H groups in total. The topological polar surface area (TPSA) is 55.8 Å². The van der Waals surface area contributed by atoms with Gasteiger partial charge in [0.2, 0.25) is 0 Å². The zero-order valence-corrected chi connectivity index (χ0v) is 12.4. The third kappa shape index (κ3) is 2.79. The van der Waals surface area contributed by atoms with E-state index in [0.717, 1.165) is 25.9 Å². The number of aliphatic hydroxyl groups excluding tert-OH is 1. The molecule has 0 aliphatic carbocycles. The Labute approximate surface area is 121 Å². The highest BCUT2D eigenvalue weighted by Crippen LogP contribution is 2.27. The van der Waals surface area contributed by atoms with Crippen LogP contribution >= 0.6 is 0 Å². The molecule has 5 heteroatoms. The Morgan fingerprint density at radius 1 is 1.15 bits per heavy atom. The fraction of sp³-hybridized carbons (Fsp3) is 0.933. The normalized spacial score (nSPS) is 38.6. The van der Waals surface area contributed by atoms with E-state index in [2.05, 4.69) is 17.1 Å². The zero-order chi connectivity index (χ0) is 14.1. The minimum absolute atomic E-state index is 0.0216. The Morgan fingerprint density at radius 3 is 2.80 bits per heavy atom. The quantitative estimate of drug-likeness (QED) is 0.755. The molecule has 3 aliphatic heterocycles. The van der Waals surface area contributed by atoms with Gasteiger partial charge in [0, 0.05) is 31.7 Å². The van der Waals surface area contributed by atoms with Crippen molar-refractivity contribution < 1.29 is 9.90 Å². The van der Waals surface area contributed by atoms with Crippen LogP contribution in [-0.2, 0) is 0 Å². The molecule has 3 saturated heterocycles. The number of amides is 2. The van der Waals surface area contributed by atoms with E-state index in [1.165, 1.54) is 25.8 Å². The number of carbonyl (C=O) groups is 1. The lowest BCUT2D eigenvalue weighted by Gasteiger charge is -2.36. The minimum Gasteiger partial charge on any atom is -0.391 e. The second kappa shape index (κ2) is 5.90. The fourth-order valence-electron chi connectivity index (χ4n) is 3.90. The molecule has 3 fully saturated rings.